The third-order valence-corrected chi connectivity index (χ3v) is 10.1. The molecule has 0 aliphatic heterocycles. The van der Waals surface area contributed by atoms with E-state index in [9.17, 15) is 4.39 Å². The Labute approximate surface area is 300 Å². The monoisotopic (exact) mass is 670 g/mol. The van der Waals surface area contributed by atoms with Crippen LogP contribution in [0.5, 0.6) is 0 Å². The second-order valence-corrected chi connectivity index (χ2v) is 13.1. The average molecular weight is 671 g/mol. The number of benzene rings is 8. The van der Waals surface area contributed by atoms with Gasteiger partial charge in [-0.25, -0.2) is 4.39 Å². The second-order valence-electron chi connectivity index (χ2n) is 13.1. The molecule has 4 heteroatoms. The first-order chi connectivity index (χ1) is 25.7. The van der Waals surface area contributed by atoms with Crippen molar-refractivity contribution in [2.75, 3.05) is 4.90 Å². The predicted molar refractivity (Wildman–Crippen MR) is 214 cm³/mol. The maximum atomic E-state index is 13.9. The lowest BCUT2D eigenvalue weighted by molar-refractivity contribution is 0.627. The molecule has 0 radical (unpaired) electrons. The molecule has 0 atom stereocenters. The van der Waals surface area contributed by atoms with Crippen LogP contribution in [0.1, 0.15) is 0 Å². The van der Waals surface area contributed by atoms with Crippen molar-refractivity contribution < 1.29 is 8.81 Å². The minimum Gasteiger partial charge on any atom is -0.456 e. The van der Waals surface area contributed by atoms with Gasteiger partial charge in [0.2, 0.25) is 0 Å². The van der Waals surface area contributed by atoms with Gasteiger partial charge in [-0.1, -0.05) is 109 Å². The van der Waals surface area contributed by atoms with Crippen molar-refractivity contribution in [3.8, 4) is 27.9 Å². The van der Waals surface area contributed by atoms with Gasteiger partial charge >= 0.3 is 0 Å². The number of para-hydroxylation sites is 3. The average Bonchev–Trinajstić information content (AvgIpc) is 3.75. The standard InChI is InChI=1S/C48H31FN2O/c49-35-24-28-37(29-25-35)50-43-17-8-5-14-39(43)41-31-34(23-30-44(41)50)32-21-26-36(27-22-32)51(42-16-7-4-13-38(42)33-11-2-1-3-12-33)45-18-10-20-47-48(45)40-15-6-9-19-46(40)52-47/h1-31H. The first-order valence-electron chi connectivity index (χ1n) is 17.5. The van der Waals surface area contributed by atoms with Gasteiger partial charge in [-0.05, 0) is 95.6 Å². The number of rotatable bonds is 6. The Morgan fingerprint density at radius 3 is 1.94 bits per heavy atom. The van der Waals surface area contributed by atoms with E-state index in [1.54, 1.807) is 0 Å². The molecule has 0 unspecified atom stereocenters. The van der Waals surface area contributed by atoms with Gasteiger partial charge in [-0.2, -0.15) is 0 Å². The first kappa shape index (κ1) is 30.0. The minimum atomic E-state index is -0.243. The summed E-state index contributed by atoms with van der Waals surface area (Å²) in [6.07, 6.45) is 0. The molecule has 0 fully saturated rings. The third kappa shape index (κ3) is 4.88. The van der Waals surface area contributed by atoms with Crippen LogP contribution in [0.4, 0.5) is 21.5 Å². The van der Waals surface area contributed by atoms with Crippen molar-refractivity contribution in [1.29, 1.82) is 0 Å². The van der Waals surface area contributed by atoms with E-state index < -0.39 is 0 Å². The number of furan rings is 1. The summed E-state index contributed by atoms with van der Waals surface area (Å²) in [5.74, 6) is -0.243. The number of anilines is 3. The van der Waals surface area contributed by atoms with Crippen molar-refractivity contribution in [3.05, 3.63) is 194 Å². The van der Waals surface area contributed by atoms with Gasteiger partial charge in [0.15, 0.2) is 0 Å². The van der Waals surface area contributed by atoms with Crippen molar-refractivity contribution in [2.24, 2.45) is 0 Å². The van der Waals surface area contributed by atoms with Crippen LogP contribution in [-0.4, -0.2) is 4.57 Å². The zero-order chi connectivity index (χ0) is 34.6. The Balaban J connectivity index is 1.13. The predicted octanol–water partition coefficient (Wildman–Crippen LogP) is 13.6. The van der Waals surface area contributed by atoms with E-state index in [0.717, 1.165) is 88.7 Å². The van der Waals surface area contributed by atoms with E-state index in [4.69, 9.17) is 4.42 Å². The first-order valence-corrected chi connectivity index (χ1v) is 17.5. The van der Waals surface area contributed by atoms with E-state index in [0.29, 0.717) is 0 Å². The fourth-order valence-electron chi connectivity index (χ4n) is 7.70. The molecular weight excluding hydrogens is 640 g/mol. The second kappa shape index (κ2) is 12.1. The lowest BCUT2D eigenvalue weighted by atomic mass is 9.99. The maximum Gasteiger partial charge on any atom is 0.137 e. The topological polar surface area (TPSA) is 21.3 Å². The summed E-state index contributed by atoms with van der Waals surface area (Å²) in [7, 11) is 0. The number of hydrogen-bond donors (Lipinski definition) is 0. The zero-order valence-electron chi connectivity index (χ0n) is 28.1. The number of halogens is 1. The molecule has 246 valence electrons. The van der Waals surface area contributed by atoms with Crippen LogP contribution < -0.4 is 4.90 Å². The van der Waals surface area contributed by atoms with E-state index in [-0.39, 0.29) is 5.82 Å². The van der Waals surface area contributed by atoms with Gasteiger partial charge in [0.25, 0.3) is 0 Å². The van der Waals surface area contributed by atoms with E-state index in [1.165, 1.54) is 12.1 Å². The Morgan fingerprint density at radius 2 is 1.10 bits per heavy atom. The molecule has 52 heavy (non-hydrogen) atoms. The fourth-order valence-corrected chi connectivity index (χ4v) is 7.70. The SMILES string of the molecule is Fc1ccc(-n2c3ccccc3c3cc(-c4ccc(N(c5ccccc5-c5ccccc5)c5cccc6oc7ccccc7c56)cc4)ccc32)cc1. The lowest BCUT2D eigenvalue weighted by Crippen LogP contribution is -2.11. The molecule has 0 saturated heterocycles. The lowest BCUT2D eigenvalue weighted by Gasteiger charge is -2.28. The molecular formula is C48H31FN2O. The molecule has 2 heterocycles. The van der Waals surface area contributed by atoms with E-state index >= 15 is 0 Å². The number of aromatic nitrogens is 1. The quantitative estimate of drug-likeness (QED) is 0.176. The molecule has 0 bridgehead atoms. The highest BCUT2D eigenvalue weighted by Crippen LogP contribution is 2.46. The molecule has 0 amide bonds. The van der Waals surface area contributed by atoms with Gasteiger partial charge in [0.1, 0.15) is 17.0 Å². The molecule has 10 aromatic rings. The Bertz CT molecular complexity index is 2900. The molecule has 2 aromatic heterocycles. The van der Waals surface area contributed by atoms with Crippen molar-refractivity contribution >= 4 is 60.8 Å². The zero-order valence-corrected chi connectivity index (χ0v) is 28.1. The molecule has 8 aromatic carbocycles. The summed E-state index contributed by atoms with van der Waals surface area (Å²) in [6.45, 7) is 0. The van der Waals surface area contributed by atoms with Gasteiger partial charge in [-0.3, -0.25) is 0 Å². The summed E-state index contributed by atoms with van der Waals surface area (Å²) in [6, 6.07) is 64.3. The Morgan fingerprint density at radius 1 is 0.442 bits per heavy atom. The van der Waals surface area contributed by atoms with Crippen molar-refractivity contribution in [2.45, 2.75) is 0 Å². The summed E-state index contributed by atoms with van der Waals surface area (Å²) in [5, 5.41) is 4.47. The van der Waals surface area contributed by atoms with Crippen LogP contribution in [0.25, 0.3) is 71.7 Å². The highest BCUT2D eigenvalue weighted by molar-refractivity contribution is 6.14. The summed E-state index contributed by atoms with van der Waals surface area (Å²) in [4.78, 5) is 2.36. The van der Waals surface area contributed by atoms with Gasteiger partial charge in [0, 0.05) is 33.1 Å². The normalized spacial score (nSPS) is 11.6. The molecule has 0 N–H and O–H groups in total. The number of fused-ring (bicyclic) bond motifs is 6. The highest BCUT2D eigenvalue weighted by Gasteiger charge is 2.22. The van der Waals surface area contributed by atoms with Gasteiger partial charge in [-0.15, -0.1) is 0 Å². The third-order valence-electron chi connectivity index (χ3n) is 10.1. The summed E-state index contributed by atoms with van der Waals surface area (Å²) < 4.78 is 22.4. The summed E-state index contributed by atoms with van der Waals surface area (Å²) in [5.41, 5.74) is 12.5. The molecule has 0 spiro atoms. The highest BCUT2D eigenvalue weighted by atomic mass is 19.1. The number of hydrogen-bond acceptors (Lipinski definition) is 2. The van der Waals surface area contributed by atoms with Crippen LogP contribution >= 0.6 is 0 Å². The van der Waals surface area contributed by atoms with E-state index in [1.807, 2.05) is 30.3 Å². The van der Waals surface area contributed by atoms with Crippen LogP contribution in [-0.2, 0) is 0 Å². The smallest absolute Gasteiger partial charge is 0.137 e. The largest absolute Gasteiger partial charge is 0.456 e. The van der Waals surface area contributed by atoms with Crippen LogP contribution in [0.3, 0.4) is 0 Å². The van der Waals surface area contributed by atoms with Gasteiger partial charge < -0.3 is 13.9 Å². The van der Waals surface area contributed by atoms with Crippen LogP contribution in [0.2, 0.25) is 0 Å². The molecule has 0 saturated carbocycles. The molecule has 3 nitrogen and oxygen atoms in total. The van der Waals surface area contributed by atoms with Crippen molar-refractivity contribution in [1.82, 2.24) is 4.57 Å². The number of nitrogens with zero attached hydrogens (tertiary/aromatic N) is 2. The maximum absolute atomic E-state index is 13.9. The minimum absolute atomic E-state index is 0.243. The Kier molecular flexibility index (Phi) is 7.00. The Hall–Kier alpha value is -6.91. The molecule has 0 aliphatic carbocycles. The van der Waals surface area contributed by atoms with Crippen LogP contribution in [0, 0.1) is 5.82 Å². The molecule has 0 aliphatic rings. The van der Waals surface area contributed by atoms with Crippen LogP contribution in [0.15, 0.2) is 192 Å². The van der Waals surface area contributed by atoms with E-state index in [2.05, 4.69) is 155 Å². The fraction of sp³-hybridized carbons (Fsp3) is 0. The van der Waals surface area contributed by atoms with Crippen molar-refractivity contribution in [3.63, 3.8) is 0 Å². The molecule has 10 rings (SSSR count). The summed E-state index contributed by atoms with van der Waals surface area (Å²) >= 11 is 0. The van der Waals surface area contributed by atoms with Gasteiger partial charge in [0.05, 0.1) is 27.8 Å².